The van der Waals surface area contributed by atoms with E-state index in [0.29, 0.717) is 0 Å². The summed E-state index contributed by atoms with van der Waals surface area (Å²) in [5.74, 6) is 0. The van der Waals surface area contributed by atoms with Gasteiger partial charge in [0, 0.05) is 22.1 Å². The van der Waals surface area contributed by atoms with Gasteiger partial charge in [-0.25, -0.2) is 0 Å². The van der Waals surface area contributed by atoms with E-state index in [4.69, 9.17) is 4.42 Å². The van der Waals surface area contributed by atoms with Crippen molar-refractivity contribution in [1.82, 2.24) is 0 Å². The number of anilines is 3. The van der Waals surface area contributed by atoms with Gasteiger partial charge in [0.05, 0.1) is 5.69 Å². The van der Waals surface area contributed by atoms with Crippen LogP contribution < -0.4 is 4.90 Å². The van der Waals surface area contributed by atoms with Crippen LogP contribution in [0.3, 0.4) is 0 Å². The molecule has 0 aliphatic heterocycles. The van der Waals surface area contributed by atoms with E-state index in [1.165, 1.54) is 38.6 Å². The van der Waals surface area contributed by atoms with Crippen LogP contribution in [0.5, 0.6) is 0 Å². The minimum Gasteiger partial charge on any atom is -0.454 e. The number of furan rings is 1. The van der Waals surface area contributed by atoms with Crippen LogP contribution in [0, 0.1) is 0 Å². The second kappa shape index (κ2) is 11.8. The summed E-state index contributed by atoms with van der Waals surface area (Å²) in [6.45, 7) is 0. The highest BCUT2D eigenvalue weighted by Crippen LogP contribution is 2.43. The summed E-state index contributed by atoms with van der Waals surface area (Å²) in [6, 6.07) is 66.9. The van der Waals surface area contributed by atoms with E-state index in [0.717, 1.165) is 44.6 Å². The molecule has 9 aromatic rings. The predicted octanol–water partition coefficient (Wildman–Crippen LogP) is 13.2. The van der Waals surface area contributed by atoms with Gasteiger partial charge in [0.1, 0.15) is 5.58 Å². The molecule has 0 saturated heterocycles. The van der Waals surface area contributed by atoms with Gasteiger partial charge in [-0.15, -0.1) is 0 Å². The van der Waals surface area contributed by atoms with E-state index < -0.39 is 0 Å². The zero-order valence-electron chi connectivity index (χ0n) is 26.3. The number of nitrogens with zero attached hydrogens (tertiary/aromatic N) is 1. The lowest BCUT2D eigenvalue weighted by atomic mass is 9.95. The molecule has 0 radical (unpaired) electrons. The van der Waals surface area contributed by atoms with Gasteiger partial charge in [0.2, 0.25) is 0 Å². The second-order valence-corrected chi connectivity index (χ2v) is 12.2. The molecule has 0 bridgehead atoms. The molecule has 0 fully saturated rings. The lowest BCUT2D eigenvalue weighted by Gasteiger charge is -2.26. The normalized spacial score (nSPS) is 11.3. The Balaban J connectivity index is 1.19. The first kappa shape index (κ1) is 27.9. The summed E-state index contributed by atoms with van der Waals surface area (Å²) < 4.78 is 6.57. The Morgan fingerprint density at radius 2 is 0.958 bits per heavy atom. The number of fused-ring (bicyclic) bond motifs is 4. The van der Waals surface area contributed by atoms with Crippen molar-refractivity contribution in [2.75, 3.05) is 4.90 Å². The van der Waals surface area contributed by atoms with Crippen molar-refractivity contribution in [3.8, 4) is 33.4 Å². The Bertz CT molecular complexity index is 2560. The van der Waals surface area contributed by atoms with E-state index in [9.17, 15) is 0 Å². The van der Waals surface area contributed by atoms with Crippen LogP contribution in [0.25, 0.3) is 66.1 Å². The van der Waals surface area contributed by atoms with Crippen molar-refractivity contribution in [2.24, 2.45) is 0 Å². The third kappa shape index (κ3) is 4.92. The Morgan fingerprint density at radius 1 is 0.354 bits per heavy atom. The van der Waals surface area contributed by atoms with Gasteiger partial charge >= 0.3 is 0 Å². The van der Waals surface area contributed by atoms with Gasteiger partial charge < -0.3 is 9.32 Å². The van der Waals surface area contributed by atoms with Crippen molar-refractivity contribution < 1.29 is 4.42 Å². The van der Waals surface area contributed by atoms with Gasteiger partial charge in [-0.1, -0.05) is 146 Å². The van der Waals surface area contributed by atoms with Crippen LogP contribution in [0.15, 0.2) is 192 Å². The molecule has 1 aromatic heterocycles. The molecule has 0 saturated carbocycles. The first-order valence-electron chi connectivity index (χ1n) is 16.3. The number of hydrogen-bond acceptors (Lipinski definition) is 2. The molecule has 48 heavy (non-hydrogen) atoms. The van der Waals surface area contributed by atoms with Gasteiger partial charge in [0.25, 0.3) is 0 Å². The first-order valence-corrected chi connectivity index (χ1v) is 16.3. The Hall–Kier alpha value is -6.38. The summed E-state index contributed by atoms with van der Waals surface area (Å²) in [5.41, 5.74) is 12.0. The molecular formula is C46H31NO. The molecular weight excluding hydrogens is 583 g/mol. The molecule has 2 nitrogen and oxygen atoms in total. The summed E-state index contributed by atoms with van der Waals surface area (Å²) >= 11 is 0. The van der Waals surface area contributed by atoms with Gasteiger partial charge in [-0.05, 0) is 86.6 Å². The fraction of sp³-hybridized carbons (Fsp3) is 0. The zero-order valence-corrected chi connectivity index (χ0v) is 26.3. The van der Waals surface area contributed by atoms with Crippen LogP contribution in [-0.4, -0.2) is 0 Å². The quantitative estimate of drug-likeness (QED) is 0.185. The molecule has 0 amide bonds. The lowest BCUT2D eigenvalue weighted by Crippen LogP contribution is -2.10. The lowest BCUT2D eigenvalue weighted by molar-refractivity contribution is 0.669. The Labute approximate surface area is 279 Å². The van der Waals surface area contributed by atoms with E-state index in [-0.39, 0.29) is 0 Å². The van der Waals surface area contributed by atoms with Crippen molar-refractivity contribution >= 4 is 49.8 Å². The molecule has 226 valence electrons. The zero-order chi connectivity index (χ0) is 31.9. The molecule has 1 heterocycles. The summed E-state index contributed by atoms with van der Waals surface area (Å²) in [5, 5.41) is 4.73. The maximum absolute atomic E-state index is 6.57. The predicted molar refractivity (Wildman–Crippen MR) is 202 cm³/mol. The molecule has 0 atom stereocenters. The van der Waals surface area contributed by atoms with E-state index >= 15 is 0 Å². The standard InChI is InChI=1S/C46H31NO/c1-2-12-32(13-3-1)33-26-28-38(29-27-33)47(44-24-11-23-43-42-21-6-7-25-45(42)48-46(43)44)39-19-9-17-36(31-39)35-16-8-18-37(30-35)41-22-10-15-34-14-4-5-20-40(34)41/h1-31H. The maximum atomic E-state index is 6.57. The molecule has 0 N–H and O–H groups in total. The minimum atomic E-state index is 0.870. The van der Waals surface area contributed by atoms with Gasteiger partial charge in [-0.3, -0.25) is 0 Å². The van der Waals surface area contributed by atoms with Gasteiger partial charge in [0.15, 0.2) is 5.58 Å². The summed E-state index contributed by atoms with van der Waals surface area (Å²) in [4.78, 5) is 2.32. The monoisotopic (exact) mass is 613 g/mol. The average Bonchev–Trinajstić information content (AvgIpc) is 3.55. The third-order valence-corrected chi connectivity index (χ3v) is 9.26. The Kier molecular flexibility index (Phi) is 6.84. The summed E-state index contributed by atoms with van der Waals surface area (Å²) in [6.07, 6.45) is 0. The number of hydrogen-bond donors (Lipinski definition) is 0. The second-order valence-electron chi connectivity index (χ2n) is 12.2. The van der Waals surface area contributed by atoms with Crippen LogP contribution in [0.2, 0.25) is 0 Å². The molecule has 8 aromatic carbocycles. The molecule has 0 unspecified atom stereocenters. The molecule has 9 rings (SSSR count). The van der Waals surface area contributed by atoms with Crippen LogP contribution in [0.1, 0.15) is 0 Å². The van der Waals surface area contributed by atoms with Crippen molar-refractivity contribution in [1.29, 1.82) is 0 Å². The summed E-state index contributed by atoms with van der Waals surface area (Å²) in [7, 11) is 0. The van der Waals surface area contributed by atoms with E-state index in [1.807, 2.05) is 12.1 Å². The Morgan fingerprint density at radius 3 is 1.83 bits per heavy atom. The molecule has 2 heteroatoms. The highest BCUT2D eigenvalue weighted by atomic mass is 16.3. The maximum Gasteiger partial charge on any atom is 0.159 e. The van der Waals surface area contributed by atoms with E-state index in [1.54, 1.807) is 0 Å². The van der Waals surface area contributed by atoms with Gasteiger partial charge in [-0.2, -0.15) is 0 Å². The largest absolute Gasteiger partial charge is 0.454 e. The third-order valence-electron chi connectivity index (χ3n) is 9.26. The molecule has 0 spiro atoms. The molecule has 0 aliphatic carbocycles. The van der Waals surface area contributed by atoms with Crippen LogP contribution in [0.4, 0.5) is 17.1 Å². The number of para-hydroxylation sites is 2. The number of benzene rings is 8. The topological polar surface area (TPSA) is 16.4 Å². The highest BCUT2D eigenvalue weighted by Gasteiger charge is 2.20. The SMILES string of the molecule is c1ccc(-c2ccc(N(c3cccc(-c4cccc(-c5cccc6ccccc56)c4)c3)c3cccc4c3oc3ccccc34)cc2)cc1. The first-order chi connectivity index (χ1) is 23.8. The van der Waals surface area contributed by atoms with E-state index in [2.05, 4.69) is 181 Å². The van der Waals surface area contributed by atoms with Crippen molar-refractivity contribution in [3.05, 3.63) is 188 Å². The van der Waals surface area contributed by atoms with Crippen LogP contribution in [-0.2, 0) is 0 Å². The highest BCUT2D eigenvalue weighted by molar-refractivity contribution is 6.10. The average molecular weight is 614 g/mol. The number of rotatable bonds is 6. The minimum absolute atomic E-state index is 0.870. The smallest absolute Gasteiger partial charge is 0.159 e. The van der Waals surface area contributed by atoms with Crippen molar-refractivity contribution in [2.45, 2.75) is 0 Å². The van der Waals surface area contributed by atoms with Crippen LogP contribution >= 0.6 is 0 Å². The fourth-order valence-electron chi connectivity index (χ4n) is 6.94. The fourth-order valence-corrected chi connectivity index (χ4v) is 6.94. The molecule has 0 aliphatic rings. The van der Waals surface area contributed by atoms with Crippen molar-refractivity contribution in [3.63, 3.8) is 0 Å².